The Balaban J connectivity index is 1.82. The smallest absolute Gasteiger partial charge is 0.298 e. The lowest BCUT2D eigenvalue weighted by atomic mass is 10.1. The SMILES string of the molecule is CCCCc1ccc(N2C(=O)S/C(=C/c3cccn3C)C2=O)cc1. The maximum Gasteiger partial charge on any atom is 0.298 e. The highest BCUT2D eigenvalue weighted by molar-refractivity contribution is 8.19. The van der Waals surface area contributed by atoms with Gasteiger partial charge in [-0.25, -0.2) is 4.90 Å². The number of thioether (sulfide) groups is 1. The fraction of sp³-hybridized carbons (Fsp3) is 0.263. The second kappa shape index (κ2) is 7.09. The van der Waals surface area contributed by atoms with Crippen LogP contribution >= 0.6 is 11.8 Å². The number of rotatable bonds is 5. The molecule has 1 saturated heterocycles. The van der Waals surface area contributed by atoms with Gasteiger partial charge >= 0.3 is 0 Å². The summed E-state index contributed by atoms with van der Waals surface area (Å²) >= 11 is 0.987. The van der Waals surface area contributed by atoms with Crippen molar-refractivity contribution in [3.05, 3.63) is 58.8 Å². The highest BCUT2D eigenvalue weighted by Gasteiger charge is 2.36. The molecule has 0 bridgehead atoms. The fourth-order valence-corrected chi connectivity index (χ4v) is 3.47. The quantitative estimate of drug-likeness (QED) is 0.747. The van der Waals surface area contributed by atoms with Crippen molar-refractivity contribution in [2.75, 3.05) is 4.90 Å². The Hall–Kier alpha value is -2.27. The number of unbranched alkanes of at least 4 members (excludes halogenated alkanes) is 1. The number of benzene rings is 1. The van der Waals surface area contributed by atoms with Gasteiger partial charge in [-0.05, 0) is 60.5 Å². The molecular weight excluding hydrogens is 320 g/mol. The van der Waals surface area contributed by atoms with Crippen LogP contribution in [-0.2, 0) is 18.3 Å². The molecule has 2 heterocycles. The van der Waals surface area contributed by atoms with Gasteiger partial charge in [0.25, 0.3) is 11.1 Å². The number of aromatic nitrogens is 1. The van der Waals surface area contributed by atoms with Gasteiger partial charge < -0.3 is 4.57 Å². The van der Waals surface area contributed by atoms with Crippen LogP contribution in [0.25, 0.3) is 6.08 Å². The van der Waals surface area contributed by atoms with Crippen molar-refractivity contribution in [3.8, 4) is 0 Å². The fourth-order valence-electron chi connectivity index (χ4n) is 2.64. The van der Waals surface area contributed by atoms with Crippen molar-refractivity contribution in [2.45, 2.75) is 26.2 Å². The van der Waals surface area contributed by atoms with Gasteiger partial charge in [0.05, 0.1) is 10.6 Å². The molecule has 1 aromatic carbocycles. The van der Waals surface area contributed by atoms with Gasteiger partial charge in [-0.2, -0.15) is 0 Å². The predicted molar refractivity (Wildman–Crippen MR) is 98.9 cm³/mol. The van der Waals surface area contributed by atoms with Crippen LogP contribution in [0, 0.1) is 0 Å². The first-order valence-corrected chi connectivity index (χ1v) is 8.90. The number of nitrogens with zero attached hydrogens (tertiary/aromatic N) is 2. The molecule has 0 N–H and O–H groups in total. The molecule has 4 nitrogen and oxygen atoms in total. The third-order valence-electron chi connectivity index (χ3n) is 4.07. The third-order valence-corrected chi connectivity index (χ3v) is 4.94. The summed E-state index contributed by atoms with van der Waals surface area (Å²) in [5, 5.41) is -0.248. The summed E-state index contributed by atoms with van der Waals surface area (Å²) in [6.07, 6.45) is 6.98. The minimum absolute atomic E-state index is 0.248. The molecule has 124 valence electrons. The van der Waals surface area contributed by atoms with E-state index >= 15 is 0 Å². The van der Waals surface area contributed by atoms with E-state index in [-0.39, 0.29) is 11.1 Å². The van der Waals surface area contributed by atoms with Gasteiger partial charge in [-0.3, -0.25) is 9.59 Å². The van der Waals surface area contributed by atoms with Crippen molar-refractivity contribution in [2.24, 2.45) is 7.05 Å². The zero-order valence-corrected chi connectivity index (χ0v) is 14.7. The zero-order chi connectivity index (χ0) is 17.1. The number of aryl methyl sites for hydroxylation is 2. The molecule has 1 aromatic heterocycles. The van der Waals surface area contributed by atoms with Crippen LogP contribution in [-0.4, -0.2) is 15.7 Å². The Morgan fingerprint density at radius 1 is 1.12 bits per heavy atom. The summed E-state index contributed by atoms with van der Waals surface area (Å²) < 4.78 is 1.91. The van der Waals surface area contributed by atoms with Crippen molar-refractivity contribution in [1.29, 1.82) is 0 Å². The Kier molecular flexibility index (Phi) is 4.90. The molecule has 3 rings (SSSR count). The minimum Gasteiger partial charge on any atom is -0.351 e. The zero-order valence-electron chi connectivity index (χ0n) is 13.9. The van der Waals surface area contributed by atoms with Gasteiger partial charge in [0.2, 0.25) is 0 Å². The standard InChI is InChI=1S/C19H20N2O2S/c1-3-4-6-14-8-10-15(11-9-14)21-18(22)17(24-19(21)23)13-16-7-5-12-20(16)2/h5,7-13H,3-4,6H2,1-2H3/b17-13+. The first-order valence-electron chi connectivity index (χ1n) is 8.08. The molecule has 0 aliphatic carbocycles. The molecular formula is C19H20N2O2S. The van der Waals surface area contributed by atoms with Crippen LogP contribution < -0.4 is 4.90 Å². The Morgan fingerprint density at radius 2 is 1.88 bits per heavy atom. The maximum atomic E-state index is 12.6. The first-order chi connectivity index (χ1) is 11.6. The summed E-state index contributed by atoms with van der Waals surface area (Å²) in [4.78, 5) is 26.6. The van der Waals surface area contributed by atoms with Crippen LogP contribution in [0.2, 0.25) is 0 Å². The average Bonchev–Trinajstić information content (AvgIpc) is 3.10. The monoisotopic (exact) mass is 340 g/mol. The number of hydrogen-bond donors (Lipinski definition) is 0. The first kappa shape index (κ1) is 16.6. The molecule has 24 heavy (non-hydrogen) atoms. The summed E-state index contributed by atoms with van der Waals surface area (Å²) in [6, 6.07) is 11.5. The number of anilines is 1. The van der Waals surface area contributed by atoms with Crippen LogP contribution in [0.1, 0.15) is 31.0 Å². The number of imide groups is 1. The highest BCUT2D eigenvalue weighted by atomic mass is 32.2. The second-order valence-electron chi connectivity index (χ2n) is 5.83. The van der Waals surface area contributed by atoms with Gasteiger partial charge in [-0.15, -0.1) is 0 Å². The Morgan fingerprint density at radius 3 is 2.50 bits per heavy atom. The van der Waals surface area contributed by atoms with Crippen LogP contribution in [0.4, 0.5) is 10.5 Å². The van der Waals surface area contributed by atoms with Crippen molar-refractivity contribution in [3.63, 3.8) is 0 Å². The molecule has 2 amide bonds. The van der Waals surface area contributed by atoms with Gasteiger partial charge in [0, 0.05) is 18.9 Å². The lowest BCUT2D eigenvalue weighted by Gasteiger charge is -2.13. The topological polar surface area (TPSA) is 42.3 Å². The molecule has 0 saturated carbocycles. The van der Waals surface area contributed by atoms with Crippen LogP contribution in [0.15, 0.2) is 47.5 Å². The van der Waals surface area contributed by atoms with E-state index in [1.54, 1.807) is 6.08 Å². The van der Waals surface area contributed by atoms with E-state index in [4.69, 9.17) is 0 Å². The van der Waals surface area contributed by atoms with Gasteiger partial charge in [-0.1, -0.05) is 25.5 Å². The van der Waals surface area contributed by atoms with Crippen LogP contribution in [0.3, 0.4) is 0 Å². The van der Waals surface area contributed by atoms with Crippen molar-refractivity contribution < 1.29 is 9.59 Å². The molecule has 1 aliphatic rings. The van der Waals surface area contributed by atoms with E-state index in [9.17, 15) is 9.59 Å². The van der Waals surface area contributed by atoms with E-state index < -0.39 is 0 Å². The van der Waals surface area contributed by atoms with Gasteiger partial charge in [0.1, 0.15) is 0 Å². The normalized spacial score (nSPS) is 16.4. The third kappa shape index (κ3) is 3.31. The molecule has 0 atom stereocenters. The number of carbonyl (C=O) groups is 2. The molecule has 1 fully saturated rings. The van der Waals surface area contributed by atoms with E-state index in [1.807, 2.05) is 54.2 Å². The van der Waals surface area contributed by atoms with Gasteiger partial charge in [0.15, 0.2) is 0 Å². The molecule has 0 radical (unpaired) electrons. The number of amides is 2. The van der Waals surface area contributed by atoms with E-state index in [2.05, 4.69) is 6.92 Å². The van der Waals surface area contributed by atoms with Crippen LogP contribution in [0.5, 0.6) is 0 Å². The summed E-state index contributed by atoms with van der Waals surface area (Å²) in [5.74, 6) is -0.257. The summed E-state index contributed by atoms with van der Waals surface area (Å²) in [6.45, 7) is 2.16. The highest BCUT2D eigenvalue weighted by Crippen LogP contribution is 2.35. The second-order valence-corrected chi connectivity index (χ2v) is 6.82. The van der Waals surface area contributed by atoms with Crippen molar-refractivity contribution >= 4 is 34.7 Å². The molecule has 2 aromatic rings. The van der Waals surface area contributed by atoms with E-state index in [0.29, 0.717) is 10.6 Å². The lowest BCUT2D eigenvalue weighted by molar-refractivity contribution is -0.113. The largest absolute Gasteiger partial charge is 0.351 e. The maximum absolute atomic E-state index is 12.6. The van der Waals surface area contributed by atoms with Crippen molar-refractivity contribution in [1.82, 2.24) is 4.57 Å². The minimum atomic E-state index is -0.257. The molecule has 5 heteroatoms. The summed E-state index contributed by atoms with van der Waals surface area (Å²) in [5.41, 5.74) is 2.76. The van der Waals surface area contributed by atoms with E-state index in [0.717, 1.165) is 36.7 Å². The number of carbonyl (C=O) groups excluding carboxylic acids is 2. The average molecular weight is 340 g/mol. The number of hydrogen-bond acceptors (Lipinski definition) is 3. The van der Waals surface area contributed by atoms with E-state index in [1.165, 1.54) is 10.5 Å². The lowest BCUT2D eigenvalue weighted by Crippen LogP contribution is -2.27. The Labute approximate surface area is 146 Å². The summed E-state index contributed by atoms with van der Waals surface area (Å²) in [7, 11) is 1.91. The molecule has 1 aliphatic heterocycles. The Bertz CT molecular complexity index is 790. The molecule has 0 unspecified atom stereocenters. The predicted octanol–water partition coefficient (Wildman–Crippen LogP) is 4.61. The molecule has 0 spiro atoms.